The average molecular weight is 253 g/mol. The van der Waals surface area contributed by atoms with Crippen LogP contribution in [0.15, 0.2) is 24.3 Å². The molecule has 0 aliphatic heterocycles. The standard InChI is InChI=1S/C14H23NO3/c1-3-10-18-13-6-4-12(5-7-13)14(17)11-15(2)8-9-16/h4-7,14,16-17H,3,8-11H2,1-2H3. The van der Waals surface area contributed by atoms with Crippen molar-refractivity contribution < 1.29 is 14.9 Å². The number of rotatable bonds is 8. The van der Waals surface area contributed by atoms with E-state index in [4.69, 9.17) is 9.84 Å². The first-order chi connectivity index (χ1) is 8.67. The van der Waals surface area contributed by atoms with Gasteiger partial charge in [-0.15, -0.1) is 0 Å². The summed E-state index contributed by atoms with van der Waals surface area (Å²) in [6, 6.07) is 7.51. The zero-order valence-corrected chi connectivity index (χ0v) is 11.2. The van der Waals surface area contributed by atoms with E-state index >= 15 is 0 Å². The van der Waals surface area contributed by atoms with E-state index in [-0.39, 0.29) is 6.61 Å². The highest BCUT2D eigenvalue weighted by molar-refractivity contribution is 5.28. The number of hydrogen-bond acceptors (Lipinski definition) is 4. The van der Waals surface area contributed by atoms with Gasteiger partial charge in [0.15, 0.2) is 0 Å². The van der Waals surface area contributed by atoms with Crippen molar-refractivity contribution in [1.29, 1.82) is 0 Å². The van der Waals surface area contributed by atoms with Crippen molar-refractivity contribution >= 4 is 0 Å². The van der Waals surface area contributed by atoms with Crippen LogP contribution in [-0.2, 0) is 0 Å². The highest BCUT2D eigenvalue weighted by Crippen LogP contribution is 2.18. The van der Waals surface area contributed by atoms with Gasteiger partial charge in [0.25, 0.3) is 0 Å². The van der Waals surface area contributed by atoms with Crippen LogP contribution in [0.3, 0.4) is 0 Å². The summed E-state index contributed by atoms with van der Waals surface area (Å²) in [4.78, 5) is 1.90. The van der Waals surface area contributed by atoms with Crippen molar-refractivity contribution in [3.05, 3.63) is 29.8 Å². The molecule has 0 saturated heterocycles. The van der Waals surface area contributed by atoms with Crippen LogP contribution < -0.4 is 4.74 Å². The summed E-state index contributed by atoms with van der Waals surface area (Å²) in [6.07, 6.45) is 0.442. The van der Waals surface area contributed by atoms with Gasteiger partial charge < -0.3 is 19.8 Å². The summed E-state index contributed by atoms with van der Waals surface area (Å²) < 4.78 is 5.48. The Balaban J connectivity index is 2.50. The quantitative estimate of drug-likeness (QED) is 0.736. The number of aliphatic hydroxyl groups is 2. The summed E-state index contributed by atoms with van der Waals surface area (Å²) in [5.74, 6) is 0.830. The molecule has 0 heterocycles. The normalized spacial score (nSPS) is 12.7. The number of likely N-dealkylation sites (N-methyl/N-ethyl adjacent to an activating group) is 1. The molecule has 1 atom stereocenters. The van der Waals surface area contributed by atoms with E-state index in [2.05, 4.69) is 6.92 Å². The Hall–Kier alpha value is -1.10. The first kappa shape index (κ1) is 15.0. The number of ether oxygens (including phenoxy) is 1. The van der Waals surface area contributed by atoms with Gasteiger partial charge >= 0.3 is 0 Å². The van der Waals surface area contributed by atoms with Gasteiger partial charge in [-0.25, -0.2) is 0 Å². The molecule has 0 bridgehead atoms. The summed E-state index contributed by atoms with van der Waals surface area (Å²) >= 11 is 0. The molecular weight excluding hydrogens is 230 g/mol. The number of aliphatic hydroxyl groups excluding tert-OH is 2. The van der Waals surface area contributed by atoms with Gasteiger partial charge in [-0.05, 0) is 31.2 Å². The van der Waals surface area contributed by atoms with Crippen molar-refractivity contribution in [2.45, 2.75) is 19.4 Å². The van der Waals surface area contributed by atoms with Crippen LogP contribution >= 0.6 is 0 Å². The van der Waals surface area contributed by atoms with E-state index in [0.717, 1.165) is 17.7 Å². The van der Waals surface area contributed by atoms with E-state index in [1.807, 2.05) is 36.2 Å². The second-order valence-corrected chi connectivity index (χ2v) is 4.42. The van der Waals surface area contributed by atoms with Crippen molar-refractivity contribution in [3.63, 3.8) is 0 Å². The number of benzene rings is 1. The first-order valence-corrected chi connectivity index (χ1v) is 6.37. The predicted molar refractivity (Wildman–Crippen MR) is 71.8 cm³/mol. The summed E-state index contributed by atoms with van der Waals surface area (Å²) in [5, 5.41) is 18.8. The van der Waals surface area contributed by atoms with Crippen LogP contribution in [0.5, 0.6) is 5.75 Å². The fraction of sp³-hybridized carbons (Fsp3) is 0.571. The van der Waals surface area contributed by atoms with Crippen LogP contribution in [0.1, 0.15) is 25.0 Å². The van der Waals surface area contributed by atoms with E-state index in [1.165, 1.54) is 0 Å². The molecule has 0 amide bonds. The molecule has 1 aromatic rings. The summed E-state index contributed by atoms with van der Waals surface area (Å²) in [6.45, 7) is 3.95. The molecule has 1 aromatic carbocycles. The molecule has 0 aromatic heterocycles. The second-order valence-electron chi connectivity index (χ2n) is 4.42. The molecule has 0 spiro atoms. The molecule has 1 unspecified atom stereocenters. The highest BCUT2D eigenvalue weighted by atomic mass is 16.5. The lowest BCUT2D eigenvalue weighted by atomic mass is 10.1. The second kappa shape index (κ2) is 8.08. The third-order valence-electron chi connectivity index (χ3n) is 2.70. The van der Waals surface area contributed by atoms with Gasteiger partial charge in [0.05, 0.1) is 19.3 Å². The summed E-state index contributed by atoms with van der Waals surface area (Å²) in [7, 11) is 1.87. The molecule has 0 aliphatic carbocycles. The Morgan fingerprint density at radius 2 is 1.94 bits per heavy atom. The molecule has 0 radical (unpaired) electrons. The number of nitrogens with zero attached hydrogens (tertiary/aromatic N) is 1. The lowest BCUT2D eigenvalue weighted by Crippen LogP contribution is -2.27. The zero-order valence-electron chi connectivity index (χ0n) is 11.2. The third kappa shape index (κ3) is 5.04. The van der Waals surface area contributed by atoms with Gasteiger partial charge in [0, 0.05) is 13.1 Å². The molecule has 1 rings (SSSR count). The molecule has 2 N–H and O–H groups in total. The average Bonchev–Trinajstić information content (AvgIpc) is 2.37. The molecule has 0 fully saturated rings. The van der Waals surface area contributed by atoms with Gasteiger partial charge in [-0.3, -0.25) is 0 Å². The molecule has 102 valence electrons. The maximum atomic E-state index is 10.0. The minimum absolute atomic E-state index is 0.104. The highest BCUT2D eigenvalue weighted by Gasteiger charge is 2.10. The van der Waals surface area contributed by atoms with Crippen LogP contribution in [-0.4, -0.2) is 48.5 Å². The molecular formula is C14H23NO3. The van der Waals surface area contributed by atoms with Crippen LogP contribution in [0.2, 0.25) is 0 Å². The van der Waals surface area contributed by atoms with E-state index in [9.17, 15) is 5.11 Å². The van der Waals surface area contributed by atoms with Gasteiger partial charge in [0.1, 0.15) is 5.75 Å². The van der Waals surface area contributed by atoms with E-state index < -0.39 is 6.10 Å². The Labute approximate surface area is 109 Å². The van der Waals surface area contributed by atoms with Crippen molar-refractivity contribution in [2.24, 2.45) is 0 Å². The minimum Gasteiger partial charge on any atom is -0.494 e. The van der Waals surface area contributed by atoms with Crippen LogP contribution in [0.4, 0.5) is 0 Å². The molecule has 18 heavy (non-hydrogen) atoms. The SMILES string of the molecule is CCCOc1ccc(C(O)CN(C)CCO)cc1. The van der Waals surface area contributed by atoms with Gasteiger partial charge in [-0.2, -0.15) is 0 Å². The maximum Gasteiger partial charge on any atom is 0.119 e. The molecule has 0 saturated carbocycles. The minimum atomic E-state index is -0.540. The topological polar surface area (TPSA) is 52.9 Å². The Morgan fingerprint density at radius 1 is 1.28 bits per heavy atom. The predicted octanol–water partition coefficient (Wildman–Crippen LogP) is 1.43. The number of hydrogen-bond donors (Lipinski definition) is 2. The van der Waals surface area contributed by atoms with Crippen LogP contribution in [0, 0.1) is 0 Å². The summed E-state index contributed by atoms with van der Waals surface area (Å²) in [5.41, 5.74) is 0.864. The Morgan fingerprint density at radius 3 is 2.50 bits per heavy atom. The van der Waals surface area contributed by atoms with Crippen molar-refractivity contribution in [1.82, 2.24) is 4.90 Å². The third-order valence-corrected chi connectivity index (χ3v) is 2.70. The zero-order chi connectivity index (χ0) is 13.4. The molecule has 0 aliphatic rings. The largest absolute Gasteiger partial charge is 0.494 e. The Bertz CT molecular complexity index is 326. The monoisotopic (exact) mass is 253 g/mol. The maximum absolute atomic E-state index is 10.0. The van der Waals surface area contributed by atoms with E-state index in [1.54, 1.807) is 0 Å². The van der Waals surface area contributed by atoms with Gasteiger partial charge in [-0.1, -0.05) is 19.1 Å². The van der Waals surface area contributed by atoms with Crippen molar-refractivity contribution in [2.75, 3.05) is 33.4 Å². The van der Waals surface area contributed by atoms with E-state index in [0.29, 0.717) is 19.7 Å². The fourth-order valence-corrected chi connectivity index (χ4v) is 1.67. The first-order valence-electron chi connectivity index (χ1n) is 6.37. The van der Waals surface area contributed by atoms with Crippen molar-refractivity contribution in [3.8, 4) is 5.75 Å². The van der Waals surface area contributed by atoms with Crippen LogP contribution in [0.25, 0.3) is 0 Å². The lowest BCUT2D eigenvalue weighted by Gasteiger charge is -2.19. The lowest BCUT2D eigenvalue weighted by molar-refractivity contribution is 0.115. The molecule has 4 nitrogen and oxygen atoms in total. The molecule has 4 heteroatoms. The fourth-order valence-electron chi connectivity index (χ4n) is 1.67. The van der Waals surface area contributed by atoms with Gasteiger partial charge in [0.2, 0.25) is 0 Å². The smallest absolute Gasteiger partial charge is 0.119 e. The Kier molecular flexibility index (Phi) is 6.72.